The first-order valence-electron chi connectivity index (χ1n) is 22.4. The molecule has 4 heterocycles. The number of fused-ring (bicyclic) bond motifs is 3. The number of esters is 1. The van der Waals surface area contributed by atoms with E-state index in [0.717, 1.165) is 69.3 Å². The van der Waals surface area contributed by atoms with Crippen LogP contribution in [-0.4, -0.2) is 99.8 Å². The van der Waals surface area contributed by atoms with E-state index in [9.17, 15) is 23.8 Å². The smallest absolute Gasteiger partial charge is 0.306 e. The quantitative estimate of drug-likeness (QED) is 0.0799. The molecule has 1 unspecified atom stereocenters. The van der Waals surface area contributed by atoms with E-state index in [0.29, 0.717) is 64.7 Å². The summed E-state index contributed by atoms with van der Waals surface area (Å²) in [4.78, 5) is 66.2. The van der Waals surface area contributed by atoms with Crippen LogP contribution in [0.2, 0.25) is 5.02 Å². The highest BCUT2D eigenvalue weighted by Gasteiger charge is 2.65. The van der Waals surface area contributed by atoms with Crippen LogP contribution < -0.4 is 20.1 Å². The largest absolute Gasteiger partial charge is 0.495 e. The Labute approximate surface area is 368 Å². The number of methoxy groups -OCH3 is 1. The minimum Gasteiger partial charge on any atom is -0.495 e. The molecule has 4 aliphatic rings. The first-order chi connectivity index (χ1) is 29.3. The van der Waals surface area contributed by atoms with Crippen molar-refractivity contribution in [2.45, 2.75) is 147 Å². The zero-order valence-corrected chi connectivity index (χ0v) is 38.6. The van der Waals surface area contributed by atoms with Crippen molar-refractivity contribution in [3.05, 3.63) is 28.6 Å². The van der Waals surface area contributed by atoms with E-state index in [4.69, 9.17) is 35.8 Å². The van der Waals surface area contributed by atoms with Gasteiger partial charge in [0.1, 0.15) is 34.4 Å². The zero-order chi connectivity index (χ0) is 43.3. The van der Waals surface area contributed by atoms with Crippen molar-refractivity contribution in [2.75, 3.05) is 38.2 Å². The van der Waals surface area contributed by atoms with Crippen LogP contribution in [0.4, 0.5) is 5.13 Å². The van der Waals surface area contributed by atoms with Crippen LogP contribution >= 0.6 is 30.3 Å². The van der Waals surface area contributed by atoms with Crippen LogP contribution in [0.1, 0.15) is 117 Å². The van der Waals surface area contributed by atoms with E-state index >= 15 is 0 Å². The summed E-state index contributed by atoms with van der Waals surface area (Å²) < 4.78 is 32.6. The second-order valence-corrected chi connectivity index (χ2v) is 21.8. The second-order valence-electron chi connectivity index (χ2n) is 17.9. The number of hydrogen-bond acceptors (Lipinski definition) is 12. The number of benzene rings is 1. The van der Waals surface area contributed by atoms with Crippen molar-refractivity contribution in [1.29, 1.82) is 0 Å². The molecule has 6 atom stereocenters. The molecule has 0 radical (unpaired) electrons. The molecule has 334 valence electrons. The number of carbonyl (C=O) groups is 3. The monoisotopic (exact) mass is 899 g/mol. The van der Waals surface area contributed by atoms with E-state index in [2.05, 4.69) is 10.6 Å². The first-order valence-corrected chi connectivity index (χ1v) is 25.5. The SMILES string of the molecule is CCNCCP(=O)(O)[C@]12CC(=O)[C@@H]3C[C@@H](Oc4cc(-c5csc(NC(C)C)n5)nc5c(Cl)c(OC)ccc45)CN3C(=O)[C@@H](CC(=O)OC3CCCC3)CCCCCCC[C@H]1C2. The summed E-state index contributed by atoms with van der Waals surface area (Å²) in [6, 6.07) is 4.68. The molecule has 3 aromatic rings. The fourth-order valence-electron chi connectivity index (χ4n) is 9.77. The van der Waals surface area contributed by atoms with E-state index in [1.807, 2.05) is 38.3 Å². The molecule has 4 fully saturated rings. The number of thiazole rings is 1. The summed E-state index contributed by atoms with van der Waals surface area (Å²) >= 11 is 8.35. The maximum absolute atomic E-state index is 14.9. The predicted octanol–water partition coefficient (Wildman–Crippen LogP) is 9.02. The molecule has 7 rings (SSSR count). The Bertz CT molecular complexity index is 2100. The van der Waals surface area contributed by atoms with Crippen LogP contribution in [-0.2, 0) is 23.7 Å². The molecule has 2 aromatic heterocycles. The normalized spacial score (nSPS) is 26.3. The number of carbonyl (C=O) groups excluding carboxylic acids is 3. The van der Waals surface area contributed by atoms with Gasteiger partial charge in [-0.1, -0.05) is 50.6 Å². The summed E-state index contributed by atoms with van der Waals surface area (Å²) in [5, 5.41) is 9.11. The number of amides is 1. The second kappa shape index (κ2) is 20.0. The molecule has 16 heteroatoms. The number of rotatable bonds is 14. The number of aromatic nitrogens is 2. The van der Waals surface area contributed by atoms with E-state index in [1.54, 1.807) is 18.1 Å². The molecule has 0 bridgehead atoms. The van der Waals surface area contributed by atoms with Crippen molar-refractivity contribution in [3.8, 4) is 22.9 Å². The van der Waals surface area contributed by atoms with Crippen LogP contribution in [0, 0.1) is 11.8 Å². The van der Waals surface area contributed by atoms with Crippen molar-refractivity contribution < 1.29 is 38.1 Å². The summed E-state index contributed by atoms with van der Waals surface area (Å²) in [5.74, 6) is -0.673. The molecule has 2 saturated carbocycles. The maximum atomic E-state index is 14.9. The number of anilines is 1. The molecule has 2 saturated heterocycles. The number of Topliss-reactive ketones (excluding diaryl/α,β-unsaturated/α-hetero) is 1. The average molecular weight is 901 g/mol. The van der Waals surface area contributed by atoms with Crippen molar-refractivity contribution in [2.24, 2.45) is 11.8 Å². The molecule has 0 spiro atoms. The molecule has 1 aromatic carbocycles. The van der Waals surface area contributed by atoms with Gasteiger partial charge in [0.15, 0.2) is 10.9 Å². The van der Waals surface area contributed by atoms with Gasteiger partial charge in [-0.25, -0.2) is 9.97 Å². The van der Waals surface area contributed by atoms with E-state index in [1.165, 1.54) is 11.3 Å². The van der Waals surface area contributed by atoms with Gasteiger partial charge in [-0.05, 0) is 83.4 Å². The van der Waals surface area contributed by atoms with Crippen molar-refractivity contribution >= 4 is 64.0 Å². The molecule has 1 amide bonds. The molecule has 2 aliphatic heterocycles. The average Bonchev–Trinajstić information content (AvgIpc) is 3.64. The van der Waals surface area contributed by atoms with Gasteiger partial charge in [0.05, 0.1) is 42.5 Å². The molecule has 2 aliphatic carbocycles. The fourth-order valence-corrected chi connectivity index (χ4v) is 13.4. The maximum Gasteiger partial charge on any atom is 0.306 e. The first kappa shape index (κ1) is 45.7. The summed E-state index contributed by atoms with van der Waals surface area (Å²) in [6.45, 7) is 7.21. The highest BCUT2D eigenvalue weighted by molar-refractivity contribution is 7.60. The number of nitrogens with zero attached hydrogens (tertiary/aromatic N) is 3. The van der Waals surface area contributed by atoms with E-state index in [-0.39, 0.29) is 67.7 Å². The van der Waals surface area contributed by atoms with Crippen LogP contribution in [0.25, 0.3) is 22.3 Å². The Kier molecular flexibility index (Phi) is 15.0. The molecule has 3 N–H and O–H groups in total. The molecular weight excluding hydrogens is 837 g/mol. The lowest BCUT2D eigenvalue weighted by Crippen LogP contribution is -2.45. The Morgan fingerprint density at radius 3 is 2.51 bits per heavy atom. The van der Waals surface area contributed by atoms with Crippen LogP contribution in [0.3, 0.4) is 0 Å². The summed E-state index contributed by atoms with van der Waals surface area (Å²) in [6.07, 6.45) is 9.46. The highest BCUT2D eigenvalue weighted by atomic mass is 35.5. The topological polar surface area (TPSA) is 169 Å². The zero-order valence-electron chi connectivity index (χ0n) is 36.1. The third-order valence-electron chi connectivity index (χ3n) is 13.1. The van der Waals surface area contributed by atoms with Gasteiger partial charge in [-0.3, -0.25) is 18.9 Å². The van der Waals surface area contributed by atoms with Gasteiger partial charge >= 0.3 is 5.97 Å². The predicted molar refractivity (Wildman–Crippen MR) is 240 cm³/mol. The van der Waals surface area contributed by atoms with Gasteiger partial charge in [0, 0.05) is 54.3 Å². The lowest BCUT2D eigenvalue weighted by molar-refractivity contribution is -0.154. The van der Waals surface area contributed by atoms with Crippen molar-refractivity contribution in [1.82, 2.24) is 20.2 Å². The van der Waals surface area contributed by atoms with Crippen LogP contribution in [0.15, 0.2) is 23.6 Å². The van der Waals surface area contributed by atoms with Gasteiger partial charge in [-0.15, -0.1) is 11.3 Å². The number of pyridine rings is 1. The Morgan fingerprint density at radius 2 is 1.77 bits per heavy atom. The lowest BCUT2D eigenvalue weighted by Gasteiger charge is -2.30. The lowest BCUT2D eigenvalue weighted by atomic mass is 9.94. The molecule has 61 heavy (non-hydrogen) atoms. The number of ketones is 1. The van der Waals surface area contributed by atoms with Gasteiger partial charge in [-0.2, -0.15) is 0 Å². The third-order valence-corrected chi connectivity index (χ3v) is 17.2. The summed E-state index contributed by atoms with van der Waals surface area (Å²) in [5.41, 5.74) is 1.62. The number of ether oxygens (including phenoxy) is 3. The minimum atomic E-state index is -3.77. The number of halogens is 1. The summed E-state index contributed by atoms with van der Waals surface area (Å²) in [7, 11) is -2.23. The Hall–Kier alpha value is -3.29. The molecule has 13 nitrogen and oxygen atoms in total. The van der Waals surface area contributed by atoms with E-state index < -0.39 is 30.6 Å². The number of hydrogen-bond donors (Lipinski definition) is 3. The minimum absolute atomic E-state index is 0.0277. The third kappa shape index (κ3) is 10.6. The fraction of sp³-hybridized carbons (Fsp3) is 0.667. The van der Waals surface area contributed by atoms with Gasteiger partial charge in [0.2, 0.25) is 13.3 Å². The Morgan fingerprint density at radius 1 is 1.03 bits per heavy atom. The molecular formula is C45H63ClN5O8PS. The highest BCUT2D eigenvalue weighted by Crippen LogP contribution is 2.73. The van der Waals surface area contributed by atoms with Gasteiger partial charge in [0.25, 0.3) is 0 Å². The van der Waals surface area contributed by atoms with Crippen LogP contribution in [0.5, 0.6) is 11.5 Å². The van der Waals surface area contributed by atoms with Crippen molar-refractivity contribution in [3.63, 3.8) is 0 Å². The van der Waals surface area contributed by atoms with Gasteiger partial charge < -0.3 is 34.6 Å². The number of nitrogens with one attached hydrogen (secondary N) is 2. The Balaban J connectivity index is 1.23. The standard InChI is InChI=1S/C45H63ClN5O8PS/c1-5-47-19-20-60(55,56)45-24-30(45)14-10-8-6-7-9-13-29(21-40(53)59-31-15-11-12-16-31)43(54)51-26-32(22-36(51)37(52)25-45)58-39-23-34(35-27-61-44(50-35)48-28(2)3)49-42-33(39)17-18-38(57-4)41(42)46/h17-18,23,27-32,36,47H,5-16,19-22,24-26H2,1-4H3,(H,48,50)(H,55,56)/t29-,30+,32-,36+,45-/m1/s1.